The van der Waals surface area contributed by atoms with Crippen molar-refractivity contribution in [2.45, 2.75) is 11.4 Å². The molecule has 1 aliphatic heterocycles. The van der Waals surface area contributed by atoms with Crippen molar-refractivity contribution in [2.24, 2.45) is 0 Å². The summed E-state index contributed by atoms with van der Waals surface area (Å²) >= 11 is 0. The number of urea groups is 1. The molecule has 0 spiro atoms. The van der Waals surface area contributed by atoms with E-state index in [1.807, 2.05) is 12.1 Å². The maximum Gasteiger partial charge on any atom is 0.321 e. The van der Waals surface area contributed by atoms with Crippen LogP contribution in [0.15, 0.2) is 96.3 Å². The molecule has 4 aromatic rings. The summed E-state index contributed by atoms with van der Waals surface area (Å²) in [5, 5.41) is 2.73. The largest absolute Gasteiger partial charge is 0.368 e. The van der Waals surface area contributed by atoms with E-state index in [2.05, 4.69) is 20.2 Å². The summed E-state index contributed by atoms with van der Waals surface area (Å²) in [6.45, 7) is 2.32. The highest BCUT2D eigenvalue weighted by Crippen LogP contribution is 2.28. The zero-order chi connectivity index (χ0) is 26.5. The van der Waals surface area contributed by atoms with Crippen LogP contribution in [0, 0.1) is 5.82 Å². The Morgan fingerprint density at radius 2 is 1.71 bits per heavy atom. The van der Waals surface area contributed by atoms with Crippen molar-refractivity contribution in [2.75, 3.05) is 40.7 Å². The lowest BCUT2D eigenvalue weighted by Gasteiger charge is -2.36. The molecule has 11 heteroatoms. The first-order valence-corrected chi connectivity index (χ1v) is 13.6. The van der Waals surface area contributed by atoms with E-state index in [-0.39, 0.29) is 17.5 Å². The van der Waals surface area contributed by atoms with Gasteiger partial charge in [0.2, 0.25) is 0 Å². The van der Waals surface area contributed by atoms with E-state index in [1.54, 1.807) is 65.7 Å². The molecular weight excluding hydrogens is 507 g/mol. The molecule has 2 heterocycles. The van der Waals surface area contributed by atoms with Crippen molar-refractivity contribution in [3.63, 3.8) is 0 Å². The molecule has 0 atom stereocenters. The van der Waals surface area contributed by atoms with Crippen LogP contribution in [-0.2, 0) is 16.6 Å². The highest BCUT2D eigenvalue weighted by molar-refractivity contribution is 7.92. The number of sulfonamides is 1. The van der Waals surface area contributed by atoms with Gasteiger partial charge >= 0.3 is 6.03 Å². The van der Waals surface area contributed by atoms with Crippen LogP contribution >= 0.6 is 0 Å². The zero-order valence-electron chi connectivity index (χ0n) is 20.5. The number of amides is 2. The number of H-pyrrole nitrogens is 1. The molecule has 0 radical (unpaired) electrons. The summed E-state index contributed by atoms with van der Waals surface area (Å²) in [4.78, 5) is 23.6. The predicted molar refractivity (Wildman–Crippen MR) is 144 cm³/mol. The van der Waals surface area contributed by atoms with Crippen LogP contribution in [0.3, 0.4) is 0 Å². The minimum atomic E-state index is -3.82. The molecular formula is C27H27FN6O3S. The lowest BCUT2D eigenvalue weighted by Crippen LogP contribution is -2.50. The van der Waals surface area contributed by atoms with Crippen LogP contribution < -0.4 is 14.5 Å². The Balaban J connectivity index is 1.27. The van der Waals surface area contributed by atoms with Crippen LogP contribution in [0.4, 0.5) is 26.2 Å². The van der Waals surface area contributed by atoms with Gasteiger partial charge in [0.1, 0.15) is 5.82 Å². The number of benzene rings is 3. The number of anilines is 3. The van der Waals surface area contributed by atoms with E-state index in [0.717, 1.165) is 5.69 Å². The molecule has 1 fully saturated rings. The highest BCUT2D eigenvalue weighted by Gasteiger charge is 2.26. The first kappa shape index (κ1) is 25.3. The van der Waals surface area contributed by atoms with Gasteiger partial charge in [-0.1, -0.05) is 24.3 Å². The second-order valence-electron chi connectivity index (χ2n) is 8.83. The Kier molecular flexibility index (Phi) is 7.27. The molecule has 2 N–H and O–H groups in total. The third-order valence-electron chi connectivity index (χ3n) is 6.35. The van der Waals surface area contributed by atoms with Gasteiger partial charge in [0.05, 0.1) is 29.1 Å². The monoisotopic (exact) mass is 534 g/mol. The van der Waals surface area contributed by atoms with Crippen molar-refractivity contribution < 1.29 is 17.6 Å². The van der Waals surface area contributed by atoms with Gasteiger partial charge < -0.3 is 20.1 Å². The summed E-state index contributed by atoms with van der Waals surface area (Å²) in [7, 11) is -3.82. The van der Waals surface area contributed by atoms with E-state index in [9.17, 15) is 17.6 Å². The van der Waals surface area contributed by atoms with Crippen LogP contribution in [0.25, 0.3) is 0 Å². The quantitative estimate of drug-likeness (QED) is 0.368. The average molecular weight is 535 g/mol. The van der Waals surface area contributed by atoms with E-state index in [1.165, 1.54) is 22.8 Å². The third kappa shape index (κ3) is 5.62. The minimum absolute atomic E-state index is 0.107. The van der Waals surface area contributed by atoms with Gasteiger partial charge in [-0.15, -0.1) is 0 Å². The minimum Gasteiger partial charge on any atom is -0.368 e. The molecule has 196 valence electrons. The summed E-state index contributed by atoms with van der Waals surface area (Å²) in [6, 6.07) is 21.2. The third-order valence-corrected chi connectivity index (χ3v) is 8.13. The molecule has 1 saturated heterocycles. The molecule has 0 bridgehead atoms. The van der Waals surface area contributed by atoms with Crippen molar-refractivity contribution in [3.8, 4) is 0 Å². The molecule has 38 heavy (non-hydrogen) atoms. The topological polar surface area (TPSA) is 102 Å². The molecule has 0 saturated carbocycles. The number of aromatic amines is 1. The summed E-state index contributed by atoms with van der Waals surface area (Å²) in [5.41, 5.74) is 2.54. The predicted octanol–water partition coefficient (Wildman–Crippen LogP) is 4.30. The number of imidazole rings is 1. The number of halogens is 1. The molecule has 9 nitrogen and oxygen atoms in total. The fourth-order valence-electron chi connectivity index (χ4n) is 4.33. The second kappa shape index (κ2) is 10.9. The van der Waals surface area contributed by atoms with E-state index >= 15 is 0 Å². The number of carbonyl (C=O) groups excluding carboxylic acids is 1. The highest BCUT2D eigenvalue weighted by atomic mass is 32.2. The fourth-order valence-corrected chi connectivity index (χ4v) is 5.79. The van der Waals surface area contributed by atoms with Crippen LogP contribution in [0.1, 0.15) is 5.69 Å². The first-order valence-electron chi connectivity index (χ1n) is 12.1. The summed E-state index contributed by atoms with van der Waals surface area (Å²) in [5.74, 6) is -0.407. The van der Waals surface area contributed by atoms with Gasteiger partial charge in [-0.25, -0.2) is 22.6 Å². The van der Waals surface area contributed by atoms with E-state index in [0.29, 0.717) is 43.2 Å². The Labute approximate surface area is 220 Å². The normalized spacial score (nSPS) is 13.8. The molecule has 0 unspecified atom stereocenters. The Morgan fingerprint density at radius 1 is 0.974 bits per heavy atom. The summed E-state index contributed by atoms with van der Waals surface area (Å²) in [6.07, 6.45) is 3.12. The number of carbonyl (C=O) groups is 1. The maximum absolute atomic E-state index is 13.5. The van der Waals surface area contributed by atoms with Crippen LogP contribution in [0.5, 0.6) is 0 Å². The average Bonchev–Trinajstić information content (AvgIpc) is 3.46. The zero-order valence-corrected chi connectivity index (χ0v) is 21.3. The van der Waals surface area contributed by atoms with Gasteiger partial charge in [0, 0.05) is 43.8 Å². The number of piperazine rings is 1. The maximum atomic E-state index is 13.5. The number of nitrogens with zero attached hydrogens (tertiary/aromatic N) is 4. The van der Waals surface area contributed by atoms with Crippen molar-refractivity contribution >= 4 is 33.1 Å². The standard InChI is InChI=1S/C27H27FN6O3S/c28-21-5-4-6-22(17-21)31-27(35)33-15-13-32(14-16-33)24-9-11-25(12-10-24)34(19-23-18-29-20-30-23)38(36,37)26-7-2-1-3-8-26/h1-12,17-18,20H,13-16,19H2,(H,29,30)(H,31,35). The first-order chi connectivity index (χ1) is 18.4. The fraction of sp³-hybridized carbons (Fsp3) is 0.185. The van der Waals surface area contributed by atoms with Gasteiger partial charge in [-0.2, -0.15) is 0 Å². The number of aromatic nitrogens is 2. The van der Waals surface area contributed by atoms with Crippen molar-refractivity contribution in [1.29, 1.82) is 0 Å². The molecule has 0 aliphatic carbocycles. The molecule has 2 amide bonds. The Hall–Kier alpha value is -4.38. The van der Waals surface area contributed by atoms with Gasteiger partial charge in [0.15, 0.2) is 0 Å². The lowest BCUT2D eigenvalue weighted by atomic mass is 10.2. The van der Waals surface area contributed by atoms with Gasteiger partial charge in [0.25, 0.3) is 10.0 Å². The SMILES string of the molecule is O=C(Nc1cccc(F)c1)N1CCN(c2ccc(N(Cc3cnc[nH]3)S(=O)(=O)c3ccccc3)cc2)CC1. The summed E-state index contributed by atoms with van der Waals surface area (Å²) < 4.78 is 41.8. The molecule has 5 rings (SSSR count). The lowest BCUT2D eigenvalue weighted by molar-refractivity contribution is 0.208. The number of hydrogen-bond donors (Lipinski definition) is 2. The number of rotatable bonds is 7. The Morgan fingerprint density at radius 3 is 2.37 bits per heavy atom. The van der Waals surface area contributed by atoms with Crippen molar-refractivity contribution in [1.82, 2.24) is 14.9 Å². The number of nitrogens with one attached hydrogen (secondary N) is 2. The van der Waals surface area contributed by atoms with Gasteiger partial charge in [-0.3, -0.25) is 4.31 Å². The van der Waals surface area contributed by atoms with Gasteiger partial charge in [-0.05, 0) is 54.6 Å². The molecule has 3 aromatic carbocycles. The molecule has 1 aromatic heterocycles. The second-order valence-corrected chi connectivity index (χ2v) is 10.7. The Bertz CT molecular complexity index is 1470. The smallest absolute Gasteiger partial charge is 0.321 e. The van der Waals surface area contributed by atoms with E-state index < -0.39 is 15.8 Å². The molecule has 1 aliphatic rings. The number of hydrogen-bond acceptors (Lipinski definition) is 5. The van der Waals surface area contributed by atoms with Crippen LogP contribution in [0.2, 0.25) is 0 Å². The van der Waals surface area contributed by atoms with Crippen LogP contribution in [-0.4, -0.2) is 55.5 Å². The van der Waals surface area contributed by atoms with E-state index in [4.69, 9.17) is 0 Å². The van der Waals surface area contributed by atoms with Crippen molar-refractivity contribution in [3.05, 3.63) is 103 Å².